The molecule has 6 nitrogen and oxygen atoms in total. The van der Waals surface area contributed by atoms with E-state index in [1.165, 1.54) is 0 Å². The molecule has 0 heterocycles. The lowest BCUT2D eigenvalue weighted by Crippen LogP contribution is -2.46. The average Bonchev–Trinajstić information content (AvgIpc) is 2.68. The summed E-state index contributed by atoms with van der Waals surface area (Å²) < 4.78 is 0. The van der Waals surface area contributed by atoms with Crippen molar-refractivity contribution in [2.75, 3.05) is 0 Å². The minimum Gasteiger partial charge on any atom is -0.378 e. The number of hydrogen-bond acceptors (Lipinski definition) is 6. The second kappa shape index (κ2) is 3.55. The first kappa shape index (κ1) is 11.7. The summed E-state index contributed by atoms with van der Waals surface area (Å²) in [5, 5.41) is 19.0. The molecule has 0 aromatic rings. The van der Waals surface area contributed by atoms with Crippen LogP contribution in [0.3, 0.4) is 0 Å². The summed E-state index contributed by atoms with van der Waals surface area (Å²) in [6, 6.07) is 0. The number of aliphatic hydroxyl groups excluding tert-OH is 2. The smallest absolute Gasteiger partial charge is 0.172 e. The average molecular weight is 252 g/mol. The van der Waals surface area contributed by atoms with Crippen LogP contribution in [0, 0.1) is 23.7 Å². The van der Waals surface area contributed by atoms with Gasteiger partial charge in [-0.05, 0) is 12.3 Å². The summed E-state index contributed by atoms with van der Waals surface area (Å²) in [4.78, 5) is 47.0. The molecule has 0 radical (unpaired) electrons. The van der Waals surface area contributed by atoms with Crippen molar-refractivity contribution in [2.24, 2.45) is 23.7 Å². The van der Waals surface area contributed by atoms with Gasteiger partial charge in [0, 0.05) is 24.2 Å². The van der Waals surface area contributed by atoms with E-state index in [4.69, 9.17) is 0 Å². The molecule has 3 rings (SSSR count). The van der Waals surface area contributed by atoms with Crippen LogP contribution in [0.15, 0.2) is 0 Å². The zero-order valence-electron chi connectivity index (χ0n) is 9.41. The lowest BCUT2D eigenvalue weighted by molar-refractivity contribution is -0.150. The van der Waals surface area contributed by atoms with Crippen molar-refractivity contribution in [3.8, 4) is 0 Å². The maximum absolute atomic E-state index is 11.9. The molecule has 2 bridgehead atoms. The molecular formula is C12H12O6. The van der Waals surface area contributed by atoms with Crippen LogP contribution in [0.1, 0.15) is 12.8 Å². The molecule has 2 N–H and O–H groups in total. The molecule has 18 heavy (non-hydrogen) atoms. The van der Waals surface area contributed by atoms with Gasteiger partial charge in [-0.1, -0.05) is 0 Å². The fourth-order valence-corrected chi connectivity index (χ4v) is 3.67. The minimum absolute atomic E-state index is 0.0650. The Hall–Kier alpha value is -1.40. The lowest BCUT2D eigenvalue weighted by atomic mass is 9.73. The molecular weight excluding hydrogens is 240 g/mol. The van der Waals surface area contributed by atoms with Crippen molar-refractivity contribution in [2.45, 2.75) is 25.0 Å². The van der Waals surface area contributed by atoms with Crippen LogP contribution in [0.25, 0.3) is 0 Å². The Morgan fingerprint density at radius 2 is 1.44 bits per heavy atom. The van der Waals surface area contributed by atoms with Crippen LogP contribution in [0.2, 0.25) is 0 Å². The van der Waals surface area contributed by atoms with Crippen molar-refractivity contribution >= 4 is 23.1 Å². The van der Waals surface area contributed by atoms with E-state index in [-0.39, 0.29) is 12.8 Å². The molecule has 0 aromatic heterocycles. The predicted molar refractivity (Wildman–Crippen MR) is 55.2 cm³/mol. The highest BCUT2D eigenvalue weighted by molar-refractivity contribution is 6.16. The van der Waals surface area contributed by atoms with Gasteiger partial charge in [0.2, 0.25) is 0 Å². The summed E-state index contributed by atoms with van der Waals surface area (Å²) in [6.07, 6.45) is -3.19. The third kappa shape index (κ3) is 1.24. The van der Waals surface area contributed by atoms with Gasteiger partial charge in [-0.3, -0.25) is 19.2 Å². The highest BCUT2D eigenvalue weighted by atomic mass is 16.3. The minimum atomic E-state index is -1.68. The van der Waals surface area contributed by atoms with E-state index in [1.54, 1.807) is 0 Å². The number of aliphatic hydroxyl groups is 2. The van der Waals surface area contributed by atoms with Gasteiger partial charge in [0.05, 0.1) is 0 Å². The second-order valence-electron chi connectivity index (χ2n) is 5.32. The number of ketones is 4. The van der Waals surface area contributed by atoms with Crippen molar-refractivity contribution < 1.29 is 29.4 Å². The van der Waals surface area contributed by atoms with Crippen LogP contribution in [-0.2, 0) is 19.2 Å². The standard InChI is InChI=1S/C12H12O6/c13-6-2-3-4-1-5(7(3)11(17)10(6)16)9(15)12(18)8(4)14/h3-5,7,10,12,16,18H,1-2H2. The molecule has 3 saturated carbocycles. The summed E-state index contributed by atoms with van der Waals surface area (Å²) >= 11 is 0. The first-order valence-corrected chi connectivity index (χ1v) is 5.93. The Morgan fingerprint density at radius 1 is 0.833 bits per heavy atom. The van der Waals surface area contributed by atoms with Gasteiger partial charge in [-0.25, -0.2) is 0 Å². The summed E-state index contributed by atoms with van der Waals surface area (Å²) in [6.45, 7) is 0. The van der Waals surface area contributed by atoms with Gasteiger partial charge in [-0.2, -0.15) is 0 Å². The molecule has 0 aliphatic heterocycles. The molecule has 6 unspecified atom stereocenters. The quantitative estimate of drug-likeness (QED) is 0.496. The van der Waals surface area contributed by atoms with Crippen LogP contribution in [0.5, 0.6) is 0 Å². The summed E-state index contributed by atoms with van der Waals surface area (Å²) in [5.41, 5.74) is 0. The maximum atomic E-state index is 11.9. The predicted octanol–water partition coefficient (Wildman–Crippen LogP) is -1.73. The maximum Gasteiger partial charge on any atom is 0.172 e. The number of Topliss-reactive ketones (excluding diaryl/α,β-unsaturated/α-hetero) is 4. The molecule has 0 spiro atoms. The molecule has 6 atom stereocenters. The molecule has 0 amide bonds. The Balaban J connectivity index is 2.04. The van der Waals surface area contributed by atoms with Gasteiger partial charge < -0.3 is 10.2 Å². The van der Waals surface area contributed by atoms with Gasteiger partial charge in [0.25, 0.3) is 0 Å². The first-order chi connectivity index (χ1) is 8.43. The highest BCUT2D eigenvalue weighted by Crippen LogP contribution is 2.51. The van der Waals surface area contributed by atoms with Crippen LogP contribution < -0.4 is 0 Å². The van der Waals surface area contributed by atoms with E-state index in [0.29, 0.717) is 0 Å². The largest absolute Gasteiger partial charge is 0.378 e. The van der Waals surface area contributed by atoms with Gasteiger partial charge in [0.15, 0.2) is 35.3 Å². The lowest BCUT2D eigenvalue weighted by Gasteiger charge is -2.29. The van der Waals surface area contributed by atoms with Crippen molar-refractivity contribution in [3.05, 3.63) is 0 Å². The fraction of sp³-hybridized carbons (Fsp3) is 0.667. The van der Waals surface area contributed by atoms with Crippen molar-refractivity contribution in [1.29, 1.82) is 0 Å². The summed E-state index contributed by atoms with van der Waals surface area (Å²) in [7, 11) is 0. The van der Waals surface area contributed by atoms with Crippen LogP contribution in [0.4, 0.5) is 0 Å². The highest BCUT2D eigenvalue weighted by Gasteiger charge is 2.61. The zero-order valence-corrected chi connectivity index (χ0v) is 9.41. The molecule has 3 aliphatic rings. The van der Waals surface area contributed by atoms with E-state index in [2.05, 4.69) is 0 Å². The van der Waals surface area contributed by atoms with E-state index in [9.17, 15) is 29.4 Å². The van der Waals surface area contributed by atoms with E-state index < -0.39 is 59.0 Å². The Kier molecular flexibility index (Phi) is 2.30. The SMILES string of the molecule is O=C1CC2C3CC(C(=O)C(O)C3=O)C2C(=O)C1O. The normalized spacial score (nSPS) is 47.4. The third-order valence-electron chi connectivity index (χ3n) is 4.53. The van der Waals surface area contributed by atoms with Crippen molar-refractivity contribution in [3.63, 3.8) is 0 Å². The Labute approximate surface area is 102 Å². The van der Waals surface area contributed by atoms with Gasteiger partial charge in [-0.15, -0.1) is 0 Å². The molecule has 6 heteroatoms. The van der Waals surface area contributed by atoms with E-state index in [1.807, 2.05) is 0 Å². The van der Waals surface area contributed by atoms with Crippen molar-refractivity contribution in [1.82, 2.24) is 0 Å². The Morgan fingerprint density at radius 3 is 2.11 bits per heavy atom. The molecule has 96 valence electrons. The number of rotatable bonds is 0. The number of carbonyl (C=O) groups is 4. The molecule has 0 aromatic carbocycles. The van der Waals surface area contributed by atoms with Gasteiger partial charge in [0.1, 0.15) is 0 Å². The van der Waals surface area contributed by atoms with Crippen LogP contribution in [-0.4, -0.2) is 45.6 Å². The second-order valence-corrected chi connectivity index (χ2v) is 5.32. The molecule has 0 saturated heterocycles. The first-order valence-electron chi connectivity index (χ1n) is 5.93. The number of hydrogen-bond donors (Lipinski definition) is 2. The topological polar surface area (TPSA) is 109 Å². The summed E-state index contributed by atoms with van der Waals surface area (Å²) in [5.74, 6) is -5.11. The van der Waals surface area contributed by atoms with Crippen LogP contribution >= 0.6 is 0 Å². The third-order valence-corrected chi connectivity index (χ3v) is 4.53. The Bertz CT molecular complexity index is 481. The van der Waals surface area contributed by atoms with E-state index in [0.717, 1.165) is 0 Å². The van der Waals surface area contributed by atoms with E-state index >= 15 is 0 Å². The molecule has 3 aliphatic carbocycles. The number of carbonyl (C=O) groups excluding carboxylic acids is 4. The van der Waals surface area contributed by atoms with Gasteiger partial charge >= 0.3 is 0 Å². The monoisotopic (exact) mass is 252 g/mol. The zero-order chi connectivity index (χ0) is 13.2. The fourth-order valence-electron chi connectivity index (χ4n) is 3.67. The molecule has 3 fully saturated rings. The number of fused-ring (bicyclic) bond motifs is 5.